The molecule has 0 saturated carbocycles. The van der Waals surface area contributed by atoms with E-state index in [9.17, 15) is 9.59 Å². The molecule has 1 aliphatic rings. The number of amides is 3. The largest absolute Gasteiger partial charge is 0.368 e. The van der Waals surface area contributed by atoms with Crippen LogP contribution in [-0.4, -0.2) is 43.0 Å². The lowest BCUT2D eigenvalue weighted by molar-refractivity contribution is -0.130. The maximum absolute atomic E-state index is 12.7. The number of urea groups is 1. The summed E-state index contributed by atoms with van der Waals surface area (Å²) in [6.07, 6.45) is 0.451. The molecule has 1 saturated heterocycles. The van der Waals surface area contributed by atoms with Crippen LogP contribution in [0.3, 0.4) is 0 Å². The van der Waals surface area contributed by atoms with Crippen LogP contribution >= 0.6 is 0 Å². The summed E-state index contributed by atoms with van der Waals surface area (Å²) in [4.78, 5) is 29.2. The summed E-state index contributed by atoms with van der Waals surface area (Å²) in [5.74, 6) is 0.180. The van der Waals surface area contributed by atoms with Gasteiger partial charge >= 0.3 is 6.03 Å². The molecular weight excluding hydrogens is 412 g/mol. The van der Waals surface area contributed by atoms with Crippen molar-refractivity contribution in [2.75, 3.05) is 41.7 Å². The van der Waals surface area contributed by atoms with E-state index in [4.69, 9.17) is 0 Å². The van der Waals surface area contributed by atoms with Gasteiger partial charge in [-0.25, -0.2) is 4.79 Å². The predicted molar refractivity (Wildman–Crippen MR) is 134 cm³/mol. The molecule has 33 heavy (non-hydrogen) atoms. The lowest BCUT2D eigenvalue weighted by atomic mass is 10.1. The van der Waals surface area contributed by atoms with Crippen LogP contribution in [0.1, 0.15) is 16.7 Å². The SMILES string of the molecule is Cc1cccc(CC(=O)N2CCN(c3ccc(NC(=O)Nc4cccc(C)c4)cc3)CC2)c1. The van der Waals surface area contributed by atoms with E-state index in [-0.39, 0.29) is 11.9 Å². The van der Waals surface area contributed by atoms with Gasteiger partial charge in [0.05, 0.1) is 6.42 Å². The van der Waals surface area contributed by atoms with Crippen molar-refractivity contribution in [3.05, 3.63) is 89.5 Å². The van der Waals surface area contributed by atoms with Gasteiger partial charge in [0.15, 0.2) is 0 Å². The third-order valence-corrected chi connectivity index (χ3v) is 5.84. The zero-order chi connectivity index (χ0) is 23.2. The van der Waals surface area contributed by atoms with Crippen LogP contribution in [0, 0.1) is 13.8 Å². The molecule has 0 atom stereocenters. The second kappa shape index (κ2) is 10.2. The molecule has 0 radical (unpaired) electrons. The minimum atomic E-state index is -0.269. The van der Waals surface area contributed by atoms with Gasteiger partial charge in [0, 0.05) is 43.2 Å². The Labute approximate surface area is 195 Å². The Kier molecular flexibility index (Phi) is 6.93. The highest BCUT2D eigenvalue weighted by molar-refractivity contribution is 5.99. The Bertz CT molecular complexity index is 1120. The molecule has 3 aromatic carbocycles. The zero-order valence-electron chi connectivity index (χ0n) is 19.2. The van der Waals surface area contributed by atoms with Crippen LogP contribution in [0.25, 0.3) is 0 Å². The van der Waals surface area contributed by atoms with Gasteiger partial charge in [0.2, 0.25) is 5.91 Å². The van der Waals surface area contributed by atoms with E-state index < -0.39 is 0 Å². The minimum Gasteiger partial charge on any atom is -0.368 e. The van der Waals surface area contributed by atoms with E-state index in [1.54, 1.807) is 0 Å². The lowest BCUT2D eigenvalue weighted by Crippen LogP contribution is -2.49. The van der Waals surface area contributed by atoms with Crippen molar-refractivity contribution in [1.29, 1.82) is 0 Å². The fourth-order valence-corrected chi connectivity index (χ4v) is 4.09. The van der Waals surface area contributed by atoms with Gasteiger partial charge in [-0.05, 0) is 61.4 Å². The summed E-state index contributed by atoms with van der Waals surface area (Å²) in [7, 11) is 0. The lowest BCUT2D eigenvalue weighted by Gasteiger charge is -2.36. The van der Waals surface area contributed by atoms with Gasteiger partial charge in [0.1, 0.15) is 0 Å². The first-order chi connectivity index (χ1) is 16.0. The second-order valence-corrected chi connectivity index (χ2v) is 8.53. The summed E-state index contributed by atoms with van der Waals surface area (Å²) in [5, 5.41) is 5.71. The molecule has 1 heterocycles. The van der Waals surface area contributed by atoms with Gasteiger partial charge in [0.25, 0.3) is 0 Å². The third-order valence-electron chi connectivity index (χ3n) is 5.84. The fourth-order valence-electron chi connectivity index (χ4n) is 4.09. The number of anilines is 3. The summed E-state index contributed by atoms with van der Waals surface area (Å²) >= 11 is 0. The Balaban J connectivity index is 1.26. The van der Waals surface area contributed by atoms with Crippen LogP contribution in [0.2, 0.25) is 0 Å². The number of aryl methyl sites for hydroxylation is 2. The molecule has 1 aliphatic heterocycles. The number of carbonyl (C=O) groups is 2. The molecule has 0 unspecified atom stereocenters. The number of nitrogens with one attached hydrogen (secondary N) is 2. The van der Waals surface area contributed by atoms with E-state index in [1.165, 1.54) is 5.56 Å². The third kappa shape index (κ3) is 6.13. The molecule has 0 aliphatic carbocycles. The summed E-state index contributed by atoms with van der Waals surface area (Å²) in [6, 6.07) is 23.4. The van der Waals surface area contributed by atoms with Crippen molar-refractivity contribution in [1.82, 2.24) is 4.90 Å². The zero-order valence-corrected chi connectivity index (χ0v) is 19.2. The smallest absolute Gasteiger partial charge is 0.323 e. The second-order valence-electron chi connectivity index (χ2n) is 8.53. The average Bonchev–Trinajstić information content (AvgIpc) is 2.80. The average molecular weight is 443 g/mol. The Morgan fingerprint density at radius 2 is 1.39 bits per heavy atom. The van der Waals surface area contributed by atoms with Gasteiger partial charge in [-0.1, -0.05) is 42.0 Å². The molecule has 1 fully saturated rings. The van der Waals surface area contributed by atoms with Crippen molar-refractivity contribution >= 4 is 29.0 Å². The Morgan fingerprint density at radius 3 is 2.06 bits per heavy atom. The van der Waals surface area contributed by atoms with Crippen molar-refractivity contribution in [3.63, 3.8) is 0 Å². The monoisotopic (exact) mass is 442 g/mol. The molecule has 4 rings (SSSR count). The molecule has 0 spiro atoms. The molecule has 3 amide bonds. The first-order valence-corrected chi connectivity index (χ1v) is 11.3. The highest BCUT2D eigenvalue weighted by atomic mass is 16.2. The Morgan fingerprint density at radius 1 is 0.758 bits per heavy atom. The first-order valence-electron chi connectivity index (χ1n) is 11.3. The highest BCUT2D eigenvalue weighted by Crippen LogP contribution is 2.20. The van der Waals surface area contributed by atoms with Crippen molar-refractivity contribution in [2.24, 2.45) is 0 Å². The van der Waals surface area contributed by atoms with Crippen LogP contribution in [0.5, 0.6) is 0 Å². The molecule has 170 valence electrons. The quantitative estimate of drug-likeness (QED) is 0.594. The molecule has 6 heteroatoms. The van der Waals surface area contributed by atoms with E-state index in [0.717, 1.165) is 41.3 Å². The van der Waals surface area contributed by atoms with Gasteiger partial charge < -0.3 is 20.4 Å². The fraction of sp³-hybridized carbons (Fsp3) is 0.259. The standard InChI is InChI=1S/C27H30N4O2/c1-20-5-3-7-22(17-20)19-26(32)31-15-13-30(14-16-31)25-11-9-23(10-12-25)28-27(33)29-24-8-4-6-21(2)18-24/h3-12,17-18H,13-16,19H2,1-2H3,(H2,28,29,33). The summed E-state index contributed by atoms with van der Waals surface area (Å²) < 4.78 is 0. The molecule has 3 aromatic rings. The molecule has 0 aromatic heterocycles. The molecule has 6 nitrogen and oxygen atoms in total. The van der Waals surface area contributed by atoms with Crippen LogP contribution in [0.4, 0.5) is 21.9 Å². The van der Waals surface area contributed by atoms with E-state index >= 15 is 0 Å². The number of hydrogen-bond donors (Lipinski definition) is 2. The van der Waals surface area contributed by atoms with Crippen LogP contribution < -0.4 is 15.5 Å². The maximum atomic E-state index is 12.7. The number of hydrogen-bond acceptors (Lipinski definition) is 3. The van der Waals surface area contributed by atoms with E-state index in [1.807, 2.05) is 85.5 Å². The highest BCUT2D eigenvalue weighted by Gasteiger charge is 2.21. The van der Waals surface area contributed by atoms with Crippen molar-refractivity contribution in [3.8, 4) is 0 Å². The molecule has 2 N–H and O–H groups in total. The van der Waals surface area contributed by atoms with Gasteiger partial charge in [-0.3, -0.25) is 4.79 Å². The number of carbonyl (C=O) groups excluding carboxylic acids is 2. The van der Waals surface area contributed by atoms with E-state index in [2.05, 4.69) is 21.6 Å². The van der Waals surface area contributed by atoms with Crippen LogP contribution in [0.15, 0.2) is 72.8 Å². The number of piperazine rings is 1. The van der Waals surface area contributed by atoms with Gasteiger partial charge in [-0.2, -0.15) is 0 Å². The van der Waals surface area contributed by atoms with Crippen LogP contribution in [-0.2, 0) is 11.2 Å². The first kappa shape index (κ1) is 22.4. The Hall–Kier alpha value is -3.80. The van der Waals surface area contributed by atoms with Crippen molar-refractivity contribution in [2.45, 2.75) is 20.3 Å². The number of nitrogens with zero attached hydrogens (tertiary/aromatic N) is 2. The van der Waals surface area contributed by atoms with E-state index in [0.29, 0.717) is 19.5 Å². The van der Waals surface area contributed by atoms with Crippen molar-refractivity contribution < 1.29 is 9.59 Å². The van der Waals surface area contributed by atoms with Gasteiger partial charge in [-0.15, -0.1) is 0 Å². The number of benzene rings is 3. The molecular formula is C27H30N4O2. The maximum Gasteiger partial charge on any atom is 0.323 e. The minimum absolute atomic E-state index is 0.180. The summed E-state index contributed by atoms with van der Waals surface area (Å²) in [6.45, 7) is 7.04. The number of rotatable bonds is 5. The molecule has 0 bridgehead atoms. The normalized spacial score (nSPS) is 13.5. The topological polar surface area (TPSA) is 64.7 Å². The summed E-state index contributed by atoms with van der Waals surface area (Å²) in [5.41, 5.74) is 5.92. The predicted octanol–water partition coefficient (Wildman–Crippen LogP) is 4.84.